The quantitative estimate of drug-likeness (QED) is 0.736. The van der Waals surface area contributed by atoms with Gasteiger partial charge in [0.2, 0.25) is 11.7 Å². The van der Waals surface area contributed by atoms with E-state index in [9.17, 15) is 0 Å². The molecule has 0 radical (unpaired) electrons. The normalized spacial score (nSPS) is 16.9. The van der Waals surface area contributed by atoms with Crippen molar-refractivity contribution in [2.45, 2.75) is 25.3 Å². The molecule has 0 saturated carbocycles. The first-order chi connectivity index (χ1) is 11.3. The van der Waals surface area contributed by atoms with Crippen LogP contribution in [0.5, 0.6) is 0 Å². The zero-order valence-electron chi connectivity index (χ0n) is 13.1. The molecule has 0 atom stereocenters. The van der Waals surface area contributed by atoms with Gasteiger partial charge in [0.1, 0.15) is 0 Å². The van der Waals surface area contributed by atoms with Gasteiger partial charge in [-0.1, -0.05) is 5.16 Å². The second kappa shape index (κ2) is 6.25. The van der Waals surface area contributed by atoms with Gasteiger partial charge in [0, 0.05) is 35.8 Å². The van der Waals surface area contributed by atoms with Gasteiger partial charge >= 0.3 is 0 Å². The van der Waals surface area contributed by atoms with E-state index in [1.54, 1.807) is 11.3 Å². The van der Waals surface area contributed by atoms with Gasteiger partial charge < -0.3 is 4.52 Å². The van der Waals surface area contributed by atoms with Crippen molar-refractivity contribution in [1.82, 2.24) is 24.8 Å². The van der Waals surface area contributed by atoms with Gasteiger partial charge in [-0.05, 0) is 43.4 Å². The van der Waals surface area contributed by atoms with Crippen LogP contribution in [0.15, 0.2) is 33.6 Å². The van der Waals surface area contributed by atoms with Crippen LogP contribution in [0.1, 0.15) is 30.3 Å². The summed E-state index contributed by atoms with van der Waals surface area (Å²) in [5.41, 5.74) is 2.36. The SMILES string of the molecule is Cn1nccc1C1CCN(Cc2nc(-c3ccsc3)no2)CC1. The lowest BCUT2D eigenvalue weighted by Crippen LogP contribution is -2.33. The Kier molecular flexibility index (Phi) is 3.97. The van der Waals surface area contributed by atoms with Crippen LogP contribution in [0.3, 0.4) is 0 Å². The van der Waals surface area contributed by atoms with Crippen molar-refractivity contribution < 1.29 is 4.52 Å². The second-order valence-electron chi connectivity index (χ2n) is 5.95. The van der Waals surface area contributed by atoms with Crippen LogP contribution in [0, 0.1) is 0 Å². The standard InChI is InChI=1S/C16H19N5OS/c1-20-14(2-6-17-20)12-3-7-21(8-4-12)10-15-18-16(19-22-15)13-5-9-23-11-13/h2,5-6,9,11-12H,3-4,7-8,10H2,1H3. The van der Waals surface area contributed by atoms with Crippen LogP contribution in [0.4, 0.5) is 0 Å². The van der Waals surface area contributed by atoms with Crippen LogP contribution in [-0.2, 0) is 13.6 Å². The van der Waals surface area contributed by atoms with E-state index in [-0.39, 0.29) is 0 Å². The molecule has 0 spiro atoms. The smallest absolute Gasteiger partial charge is 0.241 e. The first-order valence-corrected chi connectivity index (χ1v) is 8.79. The first kappa shape index (κ1) is 14.6. The molecule has 4 heterocycles. The molecule has 3 aromatic rings. The fraction of sp³-hybridized carbons (Fsp3) is 0.438. The maximum absolute atomic E-state index is 5.40. The fourth-order valence-electron chi connectivity index (χ4n) is 3.19. The zero-order chi connectivity index (χ0) is 15.6. The zero-order valence-corrected chi connectivity index (χ0v) is 13.9. The number of aromatic nitrogens is 4. The Balaban J connectivity index is 1.35. The topological polar surface area (TPSA) is 60.0 Å². The molecule has 1 saturated heterocycles. The van der Waals surface area contributed by atoms with Gasteiger partial charge in [-0.25, -0.2) is 0 Å². The minimum absolute atomic E-state index is 0.600. The molecular formula is C16H19N5OS. The van der Waals surface area contributed by atoms with Gasteiger partial charge in [0.05, 0.1) is 6.54 Å². The Morgan fingerprint density at radius 1 is 1.30 bits per heavy atom. The summed E-state index contributed by atoms with van der Waals surface area (Å²) in [4.78, 5) is 6.89. The molecule has 0 N–H and O–H groups in total. The molecule has 0 bridgehead atoms. The van der Waals surface area contributed by atoms with E-state index in [4.69, 9.17) is 4.52 Å². The Morgan fingerprint density at radius 2 is 2.17 bits per heavy atom. The number of rotatable bonds is 4. The number of nitrogens with zero attached hydrogens (tertiary/aromatic N) is 5. The Hall–Kier alpha value is -1.99. The van der Waals surface area contributed by atoms with Crippen LogP contribution < -0.4 is 0 Å². The minimum Gasteiger partial charge on any atom is -0.338 e. The average molecular weight is 329 g/mol. The number of piperidine rings is 1. The summed E-state index contributed by atoms with van der Waals surface area (Å²) in [6.45, 7) is 2.83. The molecule has 1 fully saturated rings. The molecule has 7 heteroatoms. The van der Waals surface area contributed by atoms with Crippen molar-refractivity contribution in [3.8, 4) is 11.4 Å². The maximum atomic E-state index is 5.40. The molecule has 0 aromatic carbocycles. The van der Waals surface area contributed by atoms with E-state index in [0.717, 1.165) is 38.0 Å². The van der Waals surface area contributed by atoms with Gasteiger partial charge in [-0.15, -0.1) is 0 Å². The molecule has 6 nitrogen and oxygen atoms in total. The number of hydrogen-bond donors (Lipinski definition) is 0. The molecule has 4 rings (SSSR count). The third-order valence-electron chi connectivity index (χ3n) is 4.47. The van der Waals surface area contributed by atoms with E-state index in [2.05, 4.69) is 26.2 Å². The van der Waals surface area contributed by atoms with Crippen LogP contribution in [-0.4, -0.2) is 37.9 Å². The summed E-state index contributed by atoms with van der Waals surface area (Å²) in [5, 5.41) is 12.4. The molecule has 0 aliphatic carbocycles. The molecule has 3 aromatic heterocycles. The maximum Gasteiger partial charge on any atom is 0.241 e. The monoisotopic (exact) mass is 329 g/mol. The van der Waals surface area contributed by atoms with Crippen molar-refractivity contribution in [3.63, 3.8) is 0 Å². The van der Waals surface area contributed by atoms with E-state index in [1.165, 1.54) is 5.69 Å². The van der Waals surface area contributed by atoms with Crippen molar-refractivity contribution in [1.29, 1.82) is 0 Å². The number of likely N-dealkylation sites (tertiary alicyclic amines) is 1. The third-order valence-corrected chi connectivity index (χ3v) is 5.15. The average Bonchev–Trinajstić information content (AvgIpc) is 3.29. The highest BCUT2D eigenvalue weighted by atomic mass is 32.1. The predicted octanol–water partition coefficient (Wildman–Crippen LogP) is 2.91. The third kappa shape index (κ3) is 3.07. The van der Waals surface area contributed by atoms with Gasteiger partial charge in [-0.3, -0.25) is 9.58 Å². The van der Waals surface area contributed by atoms with E-state index >= 15 is 0 Å². The van der Waals surface area contributed by atoms with Crippen LogP contribution in [0.25, 0.3) is 11.4 Å². The van der Waals surface area contributed by atoms with Crippen LogP contribution >= 0.6 is 11.3 Å². The van der Waals surface area contributed by atoms with Crippen molar-refractivity contribution in [3.05, 3.63) is 40.7 Å². The summed E-state index contributed by atoms with van der Waals surface area (Å²) in [6.07, 6.45) is 4.17. The Morgan fingerprint density at radius 3 is 2.87 bits per heavy atom. The van der Waals surface area contributed by atoms with E-state index in [0.29, 0.717) is 17.6 Å². The van der Waals surface area contributed by atoms with E-state index < -0.39 is 0 Å². The minimum atomic E-state index is 0.600. The summed E-state index contributed by atoms with van der Waals surface area (Å²) in [7, 11) is 2.02. The Bertz CT molecular complexity index is 755. The molecule has 120 valence electrons. The Labute approximate surface area is 138 Å². The molecule has 0 unspecified atom stereocenters. The highest BCUT2D eigenvalue weighted by Crippen LogP contribution is 2.28. The first-order valence-electron chi connectivity index (χ1n) is 7.85. The lowest BCUT2D eigenvalue weighted by atomic mass is 9.93. The van der Waals surface area contributed by atoms with Crippen molar-refractivity contribution >= 4 is 11.3 Å². The summed E-state index contributed by atoms with van der Waals surface area (Å²) in [6, 6.07) is 4.14. The number of aryl methyl sites for hydroxylation is 1. The summed E-state index contributed by atoms with van der Waals surface area (Å²) >= 11 is 1.64. The predicted molar refractivity (Wildman–Crippen MR) is 88.1 cm³/mol. The molecular weight excluding hydrogens is 310 g/mol. The van der Waals surface area contributed by atoms with Crippen molar-refractivity contribution in [2.24, 2.45) is 7.05 Å². The molecule has 1 aliphatic rings. The van der Waals surface area contributed by atoms with Gasteiger partial charge in [0.15, 0.2) is 0 Å². The van der Waals surface area contributed by atoms with Gasteiger partial charge in [0.25, 0.3) is 0 Å². The highest BCUT2D eigenvalue weighted by molar-refractivity contribution is 7.08. The molecule has 1 aliphatic heterocycles. The highest BCUT2D eigenvalue weighted by Gasteiger charge is 2.23. The fourth-order valence-corrected chi connectivity index (χ4v) is 3.83. The van der Waals surface area contributed by atoms with Gasteiger partial charge in [-0.2, -0.15) is 21.4 Å². The summed E-state index contributed by atoms with van der Waals surface area (Å²) < 4.78 is 7.39. The lowest BCUT2D eigenvalue weighted by molar-refractivity contribution is 0.178. The number of thiophene rings is 1. The second-order valence-corrected chi connectivity index (χ2v) is 6.73. The largest absolute Gasteiger partial charge is 0.338 e. The number of hydrogen-bond acceptors (Lipinski definition) is 6. The van der Waals surface area contributed by atoms with E-state index in [1.807, 2.05) is 34.8 Å². The van der Waals surface area contributed by atoms with Crippen LogP contribution in [0.2, 0.25) is 0 Å². The summed E-state index contributed by atoms with van der Waals surface area (Å²) in [5.74, 6) is 1.99. The molecule has 23 heavy (non-hydrogen) atoms. The lowest BCUT2D eigenvalue weighted by Gasteiger charge is -2.30. The van der Waals surface area contributed by atoms with Crippen molar-refractivity contribution in [2.75, 3.05) is 13.1 Å². The molecule has 0 amide bonds.